The van der Waals surface area contributed by atoms with E-state index < -0.39 is 15.9 Å². The molecule has 1 aromatic heterocycles. The molecule has 1 aromatic carbocycles. The predicted octanol–water partition coefficient (Wildman–Crippen LogP) is 2.16. The summed E-state index contributed by atoms with van der Waals surface area (Å²) < 4.78 is 34.9. The number of sulfone groups is 1. The van der Waals surface area contributed by atoms with Gasteiger partial charge < -0.3 is 19.5 Å². The van der Waals surface area contributed by atoms with Gasteiger partial charge in [0, 0.05) is 36.7 Å². The number of amides is 1. The molecule has 9 heteroatoms. The lowest BCUT2D eigenvalue weighted by molar-refractivity contribution is -0.107. The normalized spacial score (nSPS) is 24.2. The quantitative estimate of drug-likeness (QED) is 0.811. The summed E-state index contributed by atoms with van der Waals surface area (Å²) in [5, 5.41) is 9.27. The van der Waals surface area contributed by atoms with Crippen LogP contribution in [0.5, 0.6) is 5.75 Å². The number of piperidine rings is 1. The second-order valence-electron chi connectivity index (χ2n) is 7.50. The van der Waals surface area contributed by atoms with Gasteiger partial charge in [0.15, 0.2) is 9.84 Å². The number of rotatable bonds is 4. The molecule has 3 heterocycles. The minimum Gasteiger partial charge on any atom is -0.488 e. The van der Waals surface area contributed by atoms with Crippen molar-refractivity contribution in [1.29, 1.82) is 0 Å². The Morgan fingerprint density at radius 1 is 1.14 bits per heavy atom. The SMILES string of the molecule is CS(=O)(=O)c1ccc(-c2ccc(OC3C4COCC3CN(C(=O)O)C4)cn2)cc1. The second kappa shape index (κ2) is 7.64. The summed E-state index contributed by atoms with van der Waals surface area (Å²) in [4.78, 5) is 17.4. The molecule has 154 valence electrons. The van der Waals surface area contributed by atoms with Crippen LogP contribution < -0.4 is 4.74 Å². The summed E-state index contributed by atoms with van der Waals surface area (Å²) in [6.07, 6.45) is 1.79. The van der Waals surface area contributed by atoms with Crippen LogP contribution in [0.25, 0.3) is 11.3 Å². The van der Waals surface area contributed by atoms with Gasteiger partial charge in [0.1, 0.15) is 11.9 Å². The molecule has 8 nitrogen and oxygen atoms in total. The zero-order chi connectivity index (χ0) is 20.6. The van der Waals surface area contributed by atoms with Crippen LogP contribution in [0.3, 0.4) is 0 Å². The molecule has 2 aromatic rings. The Balaban J connectivity index is 1.47. The third kappa shape index (κ3) is 4.20. The molecule has 2 fully saturated rings. The Kier molecular flexibility index (Phi) is 5.18. The van der Waals surface area contributed by atoms with Gasteiger partial charge in [-0.05, 0) is 24.3 Å². The van der Waals surface area contributed by atoms with Crippen molar-refractivity contribution in [1.82, 2.24) is 9.88 Å². The van der Waals surface area contributed by atoms with E-state index >= 15 is 0 Å². The van der Waals surface area contributed by atoms with Crippen molar-refractivity contribution in [2.75, 3.05) is 32.6 Å². The molecule has 0 spiro atoms. The highest BCUT2D eigenvalue weighted by atomic mass is 32.2. The van der Waals surface area contributed by atoms with E-state index in [4.69, 9.17) is 9.47 Å². The molecule has 2 bridgehead atoms. The average Bonchev–Trinajstić information content (AvgIpc) is 2.67. The van der Waals surface area contributed by atoms with E-state index in [0.29, 0.717) is 37.7 Å². The van der Waals surface area contributed by atoms with Crippen LogP contribution in [-0.2, 0) is 14.6 Å². The van der Waals surface area contributed by atoms with Crippen molar-refractivity contribution in [3.05, 3.63) is 42.6 Å². The Morgan fingerprint density at radius 3 is 2.31 bits per heavy atom. The maximum atomic E-state index is 11.6. The maximum absolute atomic E-state index is 11.6. The first-order chi connectivity index (χ1) is 13.8. The molecule has 0 aliphatic carbocycles. The summed E-state index contributed by atoms with van der Waals surface area (Å²) in [5.41, 5.74) is 1.52. The van der Waals surface area contributed by atoms with E-state index in [0.717, 1.165) is 5.56 Å². The molecular weight excluding hydrogens is 396 g/mol. The Morgan fingerprint density at radius 2 is 1.79 bits per heavy atom. The van der Waals surface area contributed by atoms with Crippen LogP contribution in [-0.4, -0.2) is 68.2 Å². The van der Waals surface area contributed by atoms with E-state index in [1.54, 1.807) is 30.5 Å². The Bertz CT molecular complexity index is 977. The molecule has 2 atom stereocenters. The number of carboxylic acid groups (broad SMARTS) is 1. The van der Waals surface area contributed by atoms with Gasteiger partial charge in [0.25, 0.3) is 0 Å². The minimum atomic E-state index is -3.23. The fourth-order valence-corrected chi connectivity index (χ4v) is 4.53. The van der Waals surface area contributed by atoms with Crippen molar-refractivity contribution in [2.45, 2.75) is 11.0 Å². The number of aromatic nitrogens is 1. The van der Waals surface area contributed by atoms with Gasteiger partial charge in [0.05, 0.1) is 30.0 Å². The number of carbonyl (C=O) groups is 1. The first-order valence-corrected chi connectivity index (χ1v) is 11.2. The van der Waals surface area contributed by atoms with Crippen LogP contribution in [0.15, 0.2) is 47.5 Å². The summed E-state index contributed by atoms with van der Waals surface area (Å²) in [6.45, 7) is 1.75. The number of pyridine rings is 1. The highest BCUT2D eigenvalue weighted by Gasteiger charge is 2.43. The first-order valence-electron chi connectivity index (χ1n) is 9.30. The molecule has 1 N–H and O–H groups in total. The summed E-state index contributed by atoms with van der Waals surface area (Å²) in [7, 11) is -3.23. The van der Waals surface area contributed by atoms with Crippen molar-refractivity contribution in [3.63, 3.8) is 0 Å². The van der Waals surface area contributed by atoms with Crippen molar-refractivity contribution < 1.29 is 27.8 Å². The van der Waals surface area contributed by atoms with E-state index in [9.17, 15) is 18.3 Å². The van der Waals surface area contributed by atoms with Gasteiger partial charge in [-0.25, -0.2) is 13.2 Å². The van der Waals surface area contributed by atoms with Gasteiger partial charge in [-0.1, -0.05) is 12.1 Å². The standard InChI is InChI=1S/C20H22N2O6S/c1-29(25,26)17-5-2-13(3-6-17)18-7-4-16(8-21-18)28-19-14-9-22(20(23)24)10-15(19)12-27-11-14/h2-8,14-15,19H,9-12H2,1H3,(H,23,24). The van der Waals surface area contributed by atoms with Crippen LogP contribution in [0.2, 0.25) is 0 Å². The fourth-order valence-electron chi connectivity index (χ4n) is 3.90. The van der Waals surface area contributed by atoms with Crippen molar-refractivity contribution in [3.8, 4) is 17.0 Å². The zero-order valence-electron chi connectivity index (χ0n) is 15.9. The molecule has 1 amide bonds. The number of fused-ring (bicyclic) bond motifs is 2. The van der Waals surface area contributed by atoms with Crippen LogP contribution in [0.4, 0.5) is 4.79 Å². The second-order valence-corrected chi connectivity index (χ2v) is 9.52. The van der Waals surface area contributed by atoms with Crippen LogP contribution in [0, 0.1) is 11.8 Å². The average molecular weight is 418 g/mol. The number of hydrogen-bond acceptors (Lipinski definition) is 6. The number of likely N-dealkylation sites (tertiary alicyclic amines) is 1. The Hall–Kier alpha value is -2.65. The number of ether oxygens (including phenoxy) is 2. The summed E-state index contributed by atoms with van der Waals surface area (Å²) >= 11 is 0. The number of benzene rings is 1. The topological polar surface area (TPSA) is 106 Å². The zero-order valence-corrected chi connectivity index (χ0v) is 16.7. The molecule has 2 unspecified atom stereocenters. The maximum Gasteiger partial charge on any atom is 0.407 e. The van der Waals surface area contributed by atoms with Gasteiger partial charge in [-0.3, -0.25) is 4.98 Å². The molecule has 29 heavy (non-hydrogen) atoms. The lowest BCUT2D eigenvalue weighted by Gasteiger charge is -2.45. The van der Waals surface area contributed by atoms with E-state index in [1.165, 1.54) is 11.2 Å². The smallest absolute Gasteiger partial charge is 0.407 e. The summed E-state index contributed by atoms with van der Waals surface area (Å²) in [6, 6.07) is 10.2. The fraction of sp³-hybridized carbons (Fsp3) is 0.400. The predicted molar refractivity (Wildman–Crippen MR) is 105 cm³/mol. The molecule has 4 rings (SSSR count). The van der Waals surface area contributed by atoms with E-state index in [1.807, 2.05) is 12.1 Å². The van der Waals surface area contributed by atoms with E-state index in [2.05, 4.69) is 4.98 Å². The highest BCUT2D eigenvalue weighted by Crippen LogP contribution is 2.32. The highest BCUT2D eigenvalue weighted by molar-refractivity contribution is 7.90. The lowest BCUT2D eigenvalue weighted by atomic mass is 9.84. The summed E-state index contributed by atoms with van der Waals surface area (Å²) in [5.74, 6) is 0.593. The van der Waals surface area contributed by atoms with Crippen molar-refractivity contribution >= 4 is 15.9 Å². The molecule has 2 aliphatic rings. The molecule has 2 aliphatic heterocycles. The van der Waals surface area contributed by atoms with Gasteiger partial charge in [-0.2, -0.15) is 0 Å². The first kappa shape index (κ1) is 19.7. The number of hydrogen-bond donors (Lipinski definition) is 1. The third-order valence-electron chi connectivity index (χ3n) is 5.36. The monoisotopic (exact) mass is 418 g/mol. The lowest BCUT2D eigenvalue weighted by Crippen LogP contribution is -2.58. The molecule has 0 saturated carbocycles. The Labute approximate surface area is 169 Å². The third-order valence-corrected chi connectivity index (χ3v) is 6.49. The molecular formula is C20H22N2O6S. The van der Waals surface area contributed by atoms with Crippen LogP contribution >= 0.6 is 0 Å². The van der Waals surface area contributed by atoms with Crippen LogP contribution in [0.1, 0.15) is 0 Å². The largest absolute Gasteiger partial charge is 0.488 e. The van der Waals surface area contributed by atoms with Gasteiger partial charge in [0.2, 0.25) is 0 Å². The molecule has 0 radical (unpaired) electrons. The molecule has 2 saturated heterocycles. The van der Waals surface area contributed by atoms with Gasteiger partial charge >= 0.3 is 6.09 Å². The van der Waals surface area contributed by atoms with Crippen molar-refractivity contribution in [2.24, 2.45) is 11.8 Å². The van der Waals surface area contributed by atoms with Gasteiger partial charge in [-0.15, -0.1) is 0 Å². The minimum absolute atomic E-state index is 0.0122. The van der Waals surface area contributed by atoms with E-state index in [-0.39, 0.29) is 22.8 Å². The number of nitrogens with zero attached hydrogens (tertiary/aromatic N) is 2.